The third-order valence-electron chi connectivity index (χ3n) is 19.0. The highest BCUT2D eigenvalue weighted by molar-refractivity contribution is 7.99. The van der Waals surface area contributed by atoms with Crippen LogP contribution in [-0.2, 0) is 56.8 Å². The molecule has 0 aromatic rings. The van der Waals surface area contributed by atoms with Crippen LogP contribution in [0.2, 0.25) is 0 Å². The van der Waals surface area contributed by atoms with Gasteiger partial charge >= 0.3 is 0 Å². The molecule has 0 radical (unpaired) electrons. The molecule has 0 amide bonds. The minimum absolute atomic E-state index is 0.0742. The molecule has 95 heavy (non-hydrogen) atoms. The molecule has 7 heterocycles. The van der Waals surface area contributed by atoms with Crippen LogP contribution in [0.15, 0.2) is 0 Å². The van der Waals surface area contributed by atoms with Gasteiger partial charge in [-0.1, -0.05) is 12.8 Å². The van der Waals surface area contributed by atoms with Gasteiger partial charge in [0.25, 0.3) is 0 Å². The monoisotopic (exact) mass is 1420 g/mol. The third kappa shape index (κ3) is 18.5. The third-order valence-corrected chi connectivity index (χ3v) is 20.3. The summed E-state index contributed by atoms with van der Waals surface area (Å²) in [4.78, 5) is 0. The maximum Gasteiger partial charge on any atom is 0.187 e. The van der Waals surface area contributed by atoms with E-state index in [1.165, 1.54) is 11.8 Å². The van der Waals surface area contributed by atoms with Crippen molar-refractivity contribution < 1.29 is 174 Å². The first kappa shape index (κ1) is 79.3. The average Bonchev–Trinajstić information content (AvgIpc) is 0.804. The number of thiocarbonyl (C=S) groups is 1. The van der Waals surface area contributed by atoms with Crippen molar-refractivity contribution in [3.05, 3.63) is 0 Å². The van der Waals surface area contributed by atoms with Crippen LogP contribution in [0, 0.1) is 17.8 Å². The quantitative estimate of drug-likeness (QED) is 0.0268. The Labute approximate surface area is 554 Å². The van der Waals surface area contributed by atoms with Crippen LogP contribution in [0.5, 0.6) is 0 Å². The first-order valence-corrected chi connectivity index (χ1v) is 33.4. The molecule has 9 fully saturated rings. The van der Waals surface area contributed by atoms with Gasteiger partial charge in [-0.05, 0) is 37.9 Å². The molecule has 0 aromatic carbocycles. The Bertz CT molecular complexity index is 2100. The number of rotatable bonds is 27. The molecule has 39 heteroatoms. The van der Waals surface area contributed by atoms with Gasteiger partial charge in [0.05, 0.1) is 82.9 Å². The first-order chi connectivity index (χ1) is 45.3. The van der Waals surface area contributed by atoms with Crippen LogP contribution in [0.3, 0.4) is 0 Å². The summed E-state index contributed by atoms with van der Waals surface area (Å²) in [6.07, 6.45) is -52.8. The molecule has 7 saturated heterocycles. The molecule has 9 rings (SSSR count). The van der Waals surface area contributed by atoms with E-state index in [-0.39, 0.29) is 24.5 Å². The molecular weight excluding hydrogens is 1320 g/mol. The Morgan fingerprint density at radius 3 is 1.42 bits per heavy atom. The van der Waals surface area contributed by atoms with Gasteiger partial charge in [-0.2, -0.15) is 11.8 Å². The Hall–Kier alpha value is -1.36. The second-order valence-electron chi connectivity index (χ2n) is 25.6. The van der Waals surface area contributed by atoms with Crippen LogP contribution in [0.4, 0.5) is 0 Å². The van der Waals surface area contributed by atoms with Gasteiger partial charge in [-0.3, -0.25) is 0 Å². The van der Waals surface area contributed by atoms with Crippen molar-refractivity contribution in [2.75, 3.05) is 84.1 Å². The number of nitrogens with one attached hydrogen (secondary N) is 2. The van der Waals surface area contributed by atoms with Gasteiger partial charge in [0.2, 0.25) is 0 Å². The maximum absolute atomic E-state index is 11.9. The largest absolute Gasteiger partial charge is 0.396 e. The highest BCUT2D eigenvalue weighted by atomic mass is 32.2. The van der Waals surface area contributed by atoms with Gasteiger partial charge in [-0.25, -0.2) is 0 Å². The highest BCUT2D eigenvalue weighted by Gasteiger charge is 2.56. The molecule has 0 aromatic heterocycles. The molecule has 2 bridgehead atoms. The van der Waals surface area contributed by atoms with Gasteiger partial charge in [0.15, 0.2) is 36.6 Å². The van der Waals surface area contributed by atoms with Crippen LogP contribution in [0.25, 0.3) is 0 Å². The van der Waals surface area contributed by atoms with Crippen molar-refractivity contribution in [3.63, 3.8) is 0 Å². The number of aliphatic hydroxyl groups excluding tert-OH is 23. The van der Waals surface area contributed by atoms with E-state index in [1.807, 2.05) is 0 Å². The number of fused-ring (bicyclic) bond motifs is 7. The molecule has 15 unspecified atom stereocenters. The van der Waals surface area contributed by atoms with E-state index in [2.05, 4.69) is 10.6 Å². The van der Waals surface area contributed by atoms with Gasteiger partial charge in [0, 0.05) is 55.6 Å². The van der Waals surface area contributed by atoms with Crippen LogP contribution < -0.4 is 10.6 Å². The van der Waals surface area contributed by atoms with Crippen molar-refractivity contribution in [1.29, 1.82) is 0 Å². The van der Waals surface area contributed by atoms with Gasteiger partial charge in [0.1, 0.15) is 134 Å². The summed E-state index contributed by atoms with van der Waals surface area (Å²) in [5.41, 5.74) is -2.13. The number of ether oxygens (including phenoxy) is 12. The first-order valence-electron chi connectivity index (χ1n) is 31.8. The minimum Gasteiger partial charge on any atom is -0.396 e. The Kier molecular flexibility index (Phi) is 30.2. The Balaban J connectivity index is 1.06. The highest BCUT2D eigenvalue weighted by Crippen LogP contribution is 2.39. The fourth-order valence-corrected chi connectivity index (χ4v) is 14.5. The topological polar surface area (TPSA) is 600 Å². The normalized spacial score (nSPS) is 47.6. The number of aliphatic hydroxyl groups is 23. The van der Waals surface area contributed by atoms with Gasteiger partial charge < -0.3 is 185 Å². The van der Waals surface area contributed by atoms with Crippen molar-refractivity contribution in [1.82, 2.24) is 10.6 Å². The zero-order chi connectivity index (χ0) is 69.3. The van der Waals surface area contributed by atoms with Crippen LogP contribution in [-0.4, -0.2) is 408 Å². The van der Waals surface area contributed by atoms with Crippen LogP contribution >= 0.6 is 24.0 Å². The molecule has 9 aliphatic rings. The predicted octanol–water partition coefficient (Wildman–Crippen LogP) is -13.2. The molecule has 554 valence electrons. The zero-order valence-electron chi connectivity index (χ0n) is 51.6. The Morgan fingerprint density at radius 1 is 0.421 bits per heavy atom. The lowest BCUT2D eigenvalue weighted by molar-refractivity contribution is -0.364. The Morgan fingerprint density at radius 2 is 0.895 bits per heavy atom. The average molecular weight is 1420 g/mol. The number of thioether (sulfide) groups is 1. The summed E-state index contributed by atoms with van der Waals surface area (Å²) < 4.78 is 70.9. The zero-order valence-corrected chi connectivity index (χ0v) is 53.3. The smallest absolute Gasteiger partial charge is 0.187 e. The summed E-state index contributed by atoms with van der Waals surface area (Å²) >= 11 is 7.24. The minimum atomic E-state index is -2.17. The molecular formula is C56H98N2O35S2. The lowest BCUT2D eigenvalue weighted by Gasteiger charge is -2.48. The predicted molar refractivity (Wildman–Crippen MR) is 316 cm³/mol. The van der Waals surface area contributed by atoms with E-state index in [0.29, 0.717) is 24.5 Å². The number of hydrogen-bond donors (Lipinski definition) is 25. The molecule has 37 nitrogen and oxygen atoms in total. The lowest BCUT2D eigenvalue weighted by Crippen LogP contribution is -2.67. The standard InChI is InChI=1S/C56H98N2O35S2/c59-10-20-8-24(33(68)36(71)30(20)65)86-47-21(11-60)9-23(32(67)39(47)74)83-17-56(58-55(94)57-5-7-95-16-29-22-4-2-1-3-6-82-50(91-29)42(77)31(22)66,18-84-51-45(80)40(75)48(27(14-63)89-51)92-53-43(78)37(72)34(69)25(12-61)87-53)19-85-52-46(81)41(76)49(28(15-64)90-52)93-54-44(79)38(73)35(70)26(13-62)88-54/h20-54,59-81H,1-19H2,(H2,57,58,94)/t20?,21?,22?,23-,24-,25?,26?,27?,28?,29?,30+,31+,32?,33?,34+,35+,36+,37+,38+,39-,40-,41-,42?,43?,44?,45?,46?,47-,48-,49-,50+,51-,52-,53+,54+,56?/m1/s1. The van der Waals surface area contributed by atoms with Crippen molar-refractivity contribution in [2.45, 2.75) is 240 Å². The maximum atomic E-state index is 11.9. The fourth-order valence-electron chi connectivity index (χ4n) is 13.2. The molecule has 0 spiro atoms. The molecule has 2 saturated carbocycles. The van der Waals surface area contributed by atoms with Crippen molar-refractivity contribution in [2.24, 2.45) is 17.8 Å². The molecule has 2 aliphatic carbocycles. The SMILES string of the molecule is OCC1C[C@@H](OCC(CO[C@@H]2OC(CO)[C@@H](O[C@@H]3OC(CO)[C@H](O)[C@H](O)C3O)[C@H](O)C2O)(CO[C@@H]2OC(CO)[C@@H](O[C@@H]3OC(CO)[C@H](O)[C@H](O)C3O)[C@H](O)C2O)NC(=S)NCCSCC2O[C@@H]3OCCCCCC2[C@H](O)C3O)C(O)[C@@H](O)[C@@H]1O[C@@H]1CC(CO)[C@H](O)[C@H](O)C1O. The van der Waals surface area contributed by atoms with E-state index in [1.54, 1.807) is 0 Å². The molecule has 35 atom stereocenters. The van der Waals surface area contributed by atoms with E-state index >= 15 is 0 Å². The summed E-state index contributed by atoms with van der Waals surface area (Å²) in [6, 6.07) is 0. The van der Waals surface area contributed by atoms with E-state index < -0.39 is 279 Å². The second kappa shape index (κ2) is 36.2. The van der Waals surface area contributed by atoms with E-state index in [9.17, 15) is 117 Å². The fraction of sp³-hybridized carbons (Fsp3) is 0.982. The van der Waals surface area contributed by atoms with E-state index in [4.69, 9.17) is 69.1 Å². The number of hydrogen-bond acceptors (Lipinski definition) is 37. The van der Waals surface area contributed by atoms with Crippen molar-refractivity contribution >= 4 is 29.1 Å². The summed E-state index contributed by atoms with van der Waals surface area (Å²) in [5.74, 6) is -1.90. The summed E-state index contributed by atoms with van der Waals surface area (Å²) in [5, 5.41) is 255. The summed E-state index contributed by atoms with van der Waals surface area (Å²) in [7, 11) is 0. The van der Waals surface area contributed by atoms with Crippen LogP contribution in [0.1, 0.15) is 38.5 Å². The summed E-state index contributed by atoms with van der Waals surface area (Å²) in [6.45, 7) is -7.36. The van der Waals surface area contributed by atoms with Gasteiger partial charge in [-0.15, -0.1) is 0 Å². The molecule has 25 N–H and O–H groups in total. The molecule has 7 aliphatic heterocycles. The van der Waals surface area contributed by atoms with E-state index in [0.717, 1.165) is 19.3 Å². The second-order valence-corrected chi connectivity index (χ2v) is 27.1. The van der Waals surface area contributed by atoms with Crippen molar-refractivity contribution in [3.8, 4) is 0 Å². The lowest BCUT2D eigenvalue weighted by atomic mass is 9.78.